The van der Waals surface area contributed by atoms with Crippen molar-refractivity contribution in [3.05, 3.63) is 75.8 Å². The standard InChI is InChI=1S/C17H14N2O4/c1-11-4-6-12(7-5-11)15-9-13(19-23-15)10-22-17(21)14-3-2-8-18-16(14)20/h2-9H,10H2,1H3,(H,18,20). The molecule has 116 valence electrons. The van der Waals surface area contributed by atoms with Gasteiger partial charge in [-0.1, -0.05) is 35.0 Å². The third-order valence-electron chi connectivity index (χ3n) is 3.28. The monoisotopic (exact) mass is 310 g/mol. The van der Waals surface area contributed by atoms with Gasteiger partial charge in [0.2, 0.25) is 0 Å². The summed E-state index contributed by atoms with van der Waals surface area (Å²) in [5.41, 5.74) is 1.98. The van der Waals surface area contributed by atoms with E-state index < -0.39 is 11.5 Å². The Hall–Kier alpha value is -3.15. The van der Waals surface area contributed by atoms with Gasteiger partial charge in [-0.15, -0.1) is 0 Å². The molecule has 6 heteroatoms. The van der Waals surface area contributed by atoms with Crippen molar-refractivity contribution in [2.75, 3.05) is 0 Å². The van der Waals surface area contributed by atoms with Crippen LogP contribution in [0.15, 0.2) is 58.0 Å². The van der Waals surface area contributed by atoms with Gasteiger partial charge in [0.25, 0.3) is 5.56 Å². The van der Waals surface area contributed by atoms with Crippen molar-refractivity contribution in [1.82, 2.24) is 10.1 Å². The molecule has 0 saturated carbocycles. The van der Waals surface area contributed by atoms with Crippen LogP contribution in [0.5, 0.6) is 0 Å². The molecule has 0 unspecified atom stereocenters. The highest BCUT2D eigenvalue weighted by atomic mass is 16.5. The van der Waals surface area contributed by atoms with E-state index >= 15 is 0 Å². The van der Waals surface area contributed by atoms with Crippen molar-refractivity contribution >= 4 is 5.97 Å². The lowest BCUT2D eigenvalue weighted by molar-refractivity contribution is 0.0462. The topological polar surface area (TPSA) is 85.2 Å². The number of aromatic nitrogens is 2. The van der Waals surface area contributed by atoms with Gasteiger partial charge >= 0.3 is 5.97 Å². The van der Waals surface area contributed by atoms with E-state index in [2.05, 4.69) is 10.1 Å². The molecule has 2 aromatic heterocycles. The average Bonchev–Trinajstić information content (AvgIpc) is 3.03. The summed E-state index contributed by atoms with van der Waals surface area (Å²) >= 11 is 0. The number of rotatable bonds is 4. The molecule has 0 fully saturated rings. The van der Waals surface area contributed by atoms with E-state index in [9.17, 15) is 9.59 Å². The van der Waals surface area contributed by atoms with Crippen LogP contribution in [-0.4, -0.2) is 16.1 Å². The maximum Gasteiger partial charge on any atom is 0.344 e. The molecule has 3 aromatic rings. The van der Waals surface area contributed by atoms with Crippen LogP contribution in [0.4, 0.5) is 0 Å². The second-order valence-electron chi connectivity index (χ2n) is 5.04. The molecule has 0 aliphatic carbocycles. The molecule has 3 rings (SSSR count). The zero-order chi connectivity index (χ0) is 16.2. The molecular formula is C17H14N2O4. The van der Waals surface area contributed by atoms with E-state index in [1.54, 1.807) is 12.1 Å². The average molecular weight is 310 g/mol. The number of esters is 1. The summed E-state index contributed by atoms with van der Waals surface area (Å²) < 4.78 is 10.3. The summed E-state index contributed by atoms with van der Waals surface area (Å²) in [6.07, 6.45) is 1.45. The van der Waals surface area contributed by atoms with Gasteiger partial charge in [0.1, 0.15) is 17.9 Å². The second kappa shape index (κ2) is 6.31. The highest BCUT2D eigenvalue weighted by molar-refractivity contribution is 5.88. The van der Waals surface area contributed by atoms with Crippen LogP contribution in [0.25, 0.3) is 11.3 Å². The number of nitrogens with one attached hydrogen (secondary N) is 1. The number of aromatic amines is 1. The lowest BCUT2D eigenvalue weighted by Gasteiger charge is -2.00. The molecule has 0 aliphatic heterocycles. The number of benzene rings is 1. The number of carbonyl (C=O) groups excluding carboxylic acids is 1. The van der Waals surface area contributed by atoms with Crippen molar-refractivity contribution in [3.8, 4) is 11.3 Å². The van der Waals surface area contributed by atoms with Crippen molar-refractivity contribution in [2.45, 2.75) is 13.5 Å². The minimum absolute atomic E-state index is 0.0465. The number of aryl methyl sites for hydroxylation is 1. The molecule has 1 aromatic carbocycles. The molecule has 0 spiro atoms. The predicted octanol–water partition coefficient (Wildman–Crippen LogP) is 2.70. The van der Waals surface area contributed by atoms with Crippen LogP contribution in [0.1, 0.15) is 21.6 Å². The third-order valence-corrected chi connectivity index (χ3v) is 3.28. The molecule has 0 radical (unpaired) electrons. The van der Waals surface area contributed by atoms with Crippen LogP contribution in [0.3, 0.4) is 0 Å². The van der Waals surface area contributed by atoms with Crippen LogP contribution < -0.4 is 5.56 Å². The molecule has 0 atom stereocenters. The summed E-state index contributed by atoms with van der Waals surface area (Å²) in [6, 6.07) is 12.5. The molecule has 6 nitrogen and oxygen atoms in total. The minimum atomic E-state index is -0.702. The quantitative estimate of drug-likeness (QED) is 0.749. The first kappa shape index (κ1) is 14.8. The van der Waals surface area contributed by atoms with E-state index in [0.717, 1.165) is 11.1 Å². The predicted molar refractivity (Wildman–Crippen MR) is 82.9 cm³/mol. The van der Waals surface area contributed by atoms with Crippen molar-refractivity contribution in [1.29, 1.82) is 0 Å². The first-order valence-electron chi connectivity index (χ1n) is 7.01. The largest absolute Gasteiger partial charge is 0.455 e. The Morgan fingerprint density at radius 2 is 2.04 bits per heavy atom. The highest BCUT2D eigenvalue weighted by Crippen LogP contribution is 2.21. The lowest BCUT2D eigenvalue weighted by atomic mass is 10.1. The van der Waals surface area contributed by atoms with Crippen molar-refractivity contribution in [2.24, 2.45) is 0 Å². The minimum Gasteiger partial charge on any atom is -0.455 e. The third kappa shape index (κ3) is 3.37. The van der Waals surface area contributed by atoms with Crippen molar-refractivity contribution < 1.29 is 14.1 Å². The first-order chi connectivity index (χ1) is 11.1. The number of hydrogen-bond donors (Lipinski definition) is 1. The molecule has 23 heavy (non-hydrogen) atoms. The molecule has 0 aliphatic rings. The van der Waals surface area contributed by atoms with Crippen LogP contribution >= 0.6 is 0 Å². The Morgan fingerprint density at radius 1 is 1.26 bits per heavy atom. The van der Waals surface area contributed by atoms with Gasteiger partial charge < -0.3 is 14.2 Å². The molecule has 1 N–H and O–H groups in total. The fourth-order valence-corrected chi connectivity index (χ4v) is 2.03. The lowest BCUT2D eigenvalue weighted by Crippen LogP contribution is -2.18. The van der Waals surface area contributed by atoms with Crippen LogP contribution in [0.2, 0.25) is 0 Å². The summed E-state index contributed by atoms with van der Waals surface area (Å²) in [5, 5.41) is 3.86. The molecule has 0 amide bonds. The molecule has 2 heterocycles. The summed E-state index contributed by atoms with van der Waals surface area (Å²) in [5.74, 6) is -0.111. The Kier molecular flexibility index (Phi) is 4.05. The molecule has 0 bridgehead atoms. The zero-order valence-corrected chi connectivity index (χ0v) is 12.4. The van der Waals surface area contributed by atoms with Gasteiger partial charge in [0, 0.05) is 17.8 Å². The Morgan fingerprint density at radius 3 is 2.78 bits per heavy atom. The zero-order valence-electron chi connectivity index (χ0n) is 12.4. The van der Waals surface area contributed by atoms with Gasteiger partial charge in [0.05, 0.1) is 0 Å². The van der Waals surface area contributed by atoms with Gasteiger partial charge in [-0.05, 0) is 19.1 Å². The fraction of sp³-hybridized carbons (Fsp3) is 0.118. The van der Waals surface area contributed by atoms with Gasteiger partial charge in [-0.3, -0.25) is 4.79 Å². The van der Waals surface area contributed by atoms with Gasteiger partial charge in [-0.2, -0.15) is 0 Å². The number of ether oxygens (including phenoxy) is 1. The number of pyridine rings is 1. The normalized spacial score (nSPS) is 10.5. The van der Waals surface area contributed by atoms with Crippen molar-refractivity contribution in [3.63, 3.8) is 0 Å². The molecular weight excluding hydrogens is 296 g/mol. The Labute approximate surface area is 131 Å². The van der Waals surface area contributed by atoms with Crippen LogP contribution in [0, 0.1) is 6.92 Å². The smallest absolute Gasteiger partial charge is 0.344 e. The van der Waals surface area contributed by atoms with Gasteiger partial charge in [0.15, 0.2) is 5.76 Å². The summed E-state index contributed by atoms with van der Waals surface area (Å²) in [7, 11) is 0. The van der Waals surface area contributed by atoms with E-state index in [1.807, 2.05) is 31.2 Å². The summed E-state index contributed by atoms with van der Waals surface area (Å²) in [4.78, 5) is 25.8. The maximum atomic E-state index is 11.9. The number of carbonyl (C=O) groups is 1. The van der Waals surface area contributed by atoms with Crippen LogP contribution in [-0.2, 0) is 11.3 Å². The Balaban J connectivity index is 1.68. The number of nitrogens with zero attached hydrogens (tertiary/aromatic N) is 1. The second-order valence-corrected chi connectivity index (χ2v) is 5.04. The van der Waals surface area contributed by atoms with E-state index in [1.165, 1.54) is 12.3 Å². The maximum absolute atomic E-state index is 11.9. The summed E-state index contributed by atoms with van der Waals surface area (Å²) in [6.45, 7) is 1.93. The highest BCUT2D eigenvalue weighted by Gasteiger charge is 2.13. The van der Waals surface area contributed by atoms with Gasteiger partial charge in [-0.25, -0.2) is 4.79 Å². The van der Waals surface area contributed by atoms with E-state index in [0.29, 0.717) is 11.5 Å². The first-order valence-corrected chi connectivity index (χ1v) is 7.01. The molecule has 0 saturated heterocycles. The fourth-order valence-electron chi connectivity index (χ4n) is 2.03. The SMILES string of the molecule is Cc1ccc(-c2cc(COC(=O)c3ccc[nH]c3=O)no2)cc1. The Bertz CT molecular complexity index is 878. The van der Waals surface area contributed by atoms with E-state index in [4.69, 9.17) is 9.26 Å². The number of hydrogen-bond acceptors (Lipinski definition) is 5. The number of H-pyrrole nitrogens is 1. The van der Waals surface area contributed by atoms with E-state index in [-0.39, 0.29) is 12.2 Å².